The molecule has 132 valence electrons. The Labute approximate surface area is 156 Å². The quantitative estimate of drug-likeness (QED) is 0.599. The largest absolute Gasteiger partial charge is 0.495 e. The molecule has 0 aliphatic heterocycles. The van der Waals surface area contributed by atoms with E-state index in [0.717, 1.165) is 5.75 Å². The molecule has 0 spiro atoms. The van der Waals surface area contributed by atoms with Crippen molar-refractivity contribution in [2.24, 2.45) is 0 Å². The van der Waals surface area contributed by atoms with E-state index in [-0.39, 0.29) is 6.03 Å². The normalized spacial score (nSPS) is 10.1. The maximum Gasteiger partial charge on any atom is 0.323 e. The van der Waals surface area contributed by atoms with Crippen LogP contribution in [0.3, 0.4) is 0 Å². The van der Waals surface area contributed by atoms with E-state index >= 15 is 0 Å². The molecule has 26 heavy (non-hydrogen) atoms. The molecule has 0 saturated carbocycles. The molecule has 0 bridgehead atoms. The lowest BCUT2D eigenvalue weighted by Gasteiger charge is -2.10. The maximum atomic E-state index is 12.1. The van der Waals surface area contributed by atoms with Gasteiger partial charge >= 0.3 is 6.03 Å². The molecule has 0 aromatic heterocycles. The highest BCUT2D eigenvalue weighted by Crippen LogP contribution is 2.27. The van der Waals surface area contributed by atoms with Crippen molar-refractivity contribution in [3.63, 3.8) is 0 Å². The van der Waals surface area contributed by atoms with E-state index in [0.29, 0.717) is 27.9 Å². The summed E-state index contributed by atoms with van der Waals surface area (Å²) in [6.45, 7) is 0. The van der Waals surface area contributed by atoms with Gasteiger partial charge in [-0.25, -0.2) is 4.79 Å². The molecule has 3 aromatic carbocycles. The Kier molecular flexibility index (Phi) is 5.61. The van der Waals surface area contributed by atoms with Gasteiger partial charge in [0.15, 0.2) is 0 Å². The van der Waals surface area contributed by atoms with Crippen molar-refractivity contribution in [3.05, 3.63) is 77.8 Å². The predicted octanol–water partition coefficient (Wildman–Crippen LogP) is 5.78. The van der Waals surface area contributed by atoms with E-state index < -0.39 is 0 Å². The lowest BCUT2D eigenvalue weighted by Crippen LogP contribution is -2.19. The van der Waals surface area contributed by atoms with Crippen molar-refractivity contribution in [3.8, 4) is 17.2 Å². The van der Waals surface area contributed by atoms with Crippen molar-refractivity contribution < 1.29 is 14.3 Å². The van der Waals surface area contributed by atoms with Gasteiger partial charge in [-0.2, -0.15) is 0 Å². The molecule has 0 heterocycles. The third kappa shape index (κ3) is 4.68. The standard InChI is InChI=1S/C20H17ClN2O3/c1-25-19-12-9-15(13-18(19)21)23-20(24)22-14-7-10-17(11-8-14)26-16-5-3-2-4-6-16/h2-13H,1H3,(H2,22,23,24). The molecule has 0 radical (unpaired) electrons. The molecular formula is C20H17ClN2O3. The number of halogens is 1. The van der Waals surface area contributed by atoms with Crippen LogP contribution < -0.4 is 20.1 Å². The topological polar surface area (TPSA) is 59.6 Å². The van der Waals surface area contributed by atoms with E-state index in [1.165, 1.54) is 7.11 Å². The summed E-state index contributed by atoms with van der Waals surface area (Å²) in [6, 6.07) is 21.2. The summed E-state index contributed by atoms with van der Waals surface area (Å²) < 4.78 is 10.8. The van der Waals surface area contributed by atoms with Crippen LogP contribution in [0, 0.1) is 0 Å². The van der Waals surface area contributed by atoms with E-state index in [2.05, 4.69) is 10.6 Å². The highest BCUT2D eigenvalue weighted by Gasteiger charge is 2.06. The first kappa shape index (κ1) is 17.6. The summed E-state index contributed by atoms with van der Waals surface area (Å²) in [5, 5.41) is 5.89. The Morgan fingerprint density at radius 1 is 0.846 bits per heavy atom. The zero-order valence-electron chi connectivity index (χ0n) is 14.0. The van der Waals surface area contributed by atoms with Gasteiger partial charge in [0.25, 0.3) is 0 Å². The molecule has 5 nitrogen and oxygen atoms in total. The number of carbonyl (C=O) groups is 1. The maximum absolute atomic E-state index is 12.1. The van der Waals surface area contributed by atoms with E-state index in [9.17, 15) is 4.79 Å². The highest BCUT2D eigenvalue weighted by atomic mass is 35.5. The van der Waals surface area contributed by atoms with Gasteiger partial charge < -0.3 is 20.1 Å². The van der Waals surface area contributed by atoms with Gasteiger partial charge in [-0.1, -0.05) is 29.8 Å². The second-order valence-electron chi connectivity index (χ2n) is 5.37. The van der Waals surface area contributed by atoms with Crippen LogP contribution in [0.1, 0.15) is 0 Å². The van der Waals surface area contributed by atoms with E-state index in [1.807, 2.05) is 30.3 Å². The molecule has 0 saturated heterocycles. The molecule has 2 N–H and O–H groups in total. The van der Waals surface area contributed by atoms with Crippen LogP contribution >= 0.6 is 11.6 Å². The number of para-hydroxylation sites is 1. The van der Waals surface area contributed by atoms with Gasteiger partial charge in [0.1, 0.15) is 17.2 Å². The number of nitrogens with one attached hydrogen (secondary N) is 2. The van der Waals surface area contributed by atoms with Crippen LogP contribution in [-0.2, 0) is 0 Å². The number of amides is 2. The van der Waals surface area contributed by atoms with Crippen molar-refractivity contribution >= 4 is 29.0 Å². The fourth-order valence-corrected chi connectivity index (χ4v) is 2.53. The zero-order valence-corrected chi connectivity index (χ0v) is 14.8. The summed E-state index contributed by atoms with van der Waals surface area (Å²) >= 11 is 6.05. The first-order chi connectivity index (χ1) is 12.6. The fraction of sp³-hybridized carbons (Fsp3) is 0.0500. The number of urea groups is 1. The van der Waals surface area contributed by atoms with Crippen LogP contribution in [-0.4, -0.2) is 13.1 Å². The molecule has 6 heteroatoms. The first-order valence-electron chi connectivity index (χ1n) is 7.88. The zero-order chi connectivity index (χ0) is 18.4. The third-order valence-electron chi connectivity index (χ3n) is 3.50. The van der Waals surface area contributed by atoms with Crippen LogP contribution in [0.25, 0.3) is 0 Å². The average Bonchev–Trinajstić information content (AvgIpc) is 2.64. The minimum absolute atomic E-state index is 0.372. The summed E-state index contributed by atoms with van der Waals surface area (Å²) in [5.41, 5.74) is 1.21. The molecule has 0 atom stereocenters. The highest BCUT2D eigenvalue weighted by molar-refractivity contribution is 6.32. The SMILES string of the molecule is COc1ccc(NC(=O)Nc2ccc(Oc3ccccc3)cc2)cc1Cl. The van der Waals surface area contributed by atoms with Crippen molar-refractivity contribution in [2.75, 3.05) is 17.7 Å². The number of methoxy groups -OCH3 is 1. The fourth-order valence-electron chi connectivity index (χ4n) is 2.27. The molecule has 0 aliphatic rings. The summed E-state index contributed by atoms with van der Waals surface area (Å²) in [6.07, 6.45) is 0. The van der Waals surface area contributed by atoms with Crippen LogP contribution in [0.4, 0.5) is 16.2 Å². The number of rotatable bonds is 5. The average molecular weight is 369 g/mol. The van der Waals surface area contributed by atoms with E-state index in [1.54, 1.807) is 42.5 Å². The Morgan fingerprint density at radius 3 is 2.12 bits per heavy atom. The summed E-state index contributed by atoms with van der Waals surface area (Å²) in [4.78, 5) is 12.1. The Balaban J connectivity index is 1.58. The van der Waals surface area contributed by atoms with Crippen molar-refractivity contribution in [1.29, 1.82) is 0 Å². The third-order valence-corrected chi connectivity index (χ3v) is 3.80. The predicted molar refractivity (Wildman–Crippen MR) is 104 cm³/mol. The van der Waals surface area contributed by atoms with Gasteiger partial charge in [-0.05, 0) is 54.6 Å². The second-order valence-corrected chi connectivity index (χ2v) is 5.78. The minimum Gasteiger partial charge on any atom is -0.495 e. The number of hydrogen-bond acceptors (Lipinski definition) is 3. The Morgan fingerprint density at radius 2 is 1.46 bits per heavy atom. The van der Waals surface area contributed by atoms with Gasteiger partial charge in [0, 0.05) is 11.4 Å². The first-order valence-corrected chi connectivity index (χ1v) is 8.26. The molecular weight excluding hydrogens is 352 g/mol. The monoisotopic (exact) mass is 368 g/mol. The number of benzene rings is 3. The summed E-state index contributed by atoms with van der Waals surface area (Å²) in [7, 11) is 1.53. The molecule has 0 fully saturated rings. The molecule has 0 aliphatic carbocycles. The Hall–Kier alpha value is -3.18. The van der Waals surface area contributed by atoms with Gasteiger partial charge in [0.05, 0.1) is 12.1 Å². The lowest BCUT2D eigenvalue weighted by atomic mass is 10.3. The molecule has 3 rings (SSSR count). The van der Waals surface area contributed by atoms with Gasteiger partial charge in [-0.3, -0.25) is 0 Å². The smallest absolute Gasteiger partial charge is 0.323 e. The number of hydrogen-bond donors (Lipinski definition) is 2. The number of anilines is 2. The van der Waals surface area contributed by atoms with Gasteiger partial charge in [0.2, 0.25) is 0 Å². The summed E-state index contributed by atoms with van der Waals surface area (Å²) in [5.74, 6) is 1.98. The van der Waals surface area contributed by atoms with Gasteiger partial charge in [-0.15, -0.1) is 0 Å². The number of carbonyl (C=O) groups excluding carboxylic acids is 1. The van der Waals surface area contributed by atoms with Crippen LogP contribution in [0.15, 0.2) is 72.8 Å². The Bertz CT molecular complexity index is 883. The lowest BCUT2D eigenvalue weighted by molar-refractivity contribution is 0.262. The molecule has 0 unspecified atom stereocenters. The molecule has 3 aromatic rings. The second kappa shape index (κ2) is 8.27. The number of ether oxygens (including phenoxy) is 2. The van der Waals surface area contributed by atoms with E-state index in [4.69, 9.17) is 21.1 Å². The van der Waals surface area contributed by atoms with Crippen molar-refractivity contribution in [1.82, 2.24) is 0 Å². The minimum atomic E-state index is -0.372. The van der Waals surface area contributed by atoms with Crippen molar-refractivity contribution in [2.45, 2.75) is 0 Å². The van der Waals surface area contributed by atoms with Crippen LogP contribution in [0.2, 0.25) is 5.02 Å². The van der Waals surface area contributed by atoms with Crippen LogP contribution in [0.5, 0.6) is 17.2 Å². The molecule has 2 amide bonds.